The van der Waals surface area contributed by atoms with E-state index in [0.29, 0.717) is 5.75 Å². The fraction of sp³-hybridized carbons (Fsp3) is 0.500. The van der Waals surface area contributed by atoms with Crippen LogP contribution in [-0.4, -0.2) is 18.2 Å². The van der Waals surface area contributed by atoms with Crippen LogP contribution >= 0.6 is 0 Å². The number of benzene rings is 1. The van der Waals surface area contributed by atoms with E-state index in [1.54, 1.807) is 24.3 Å². The normalized spacial score (nSPS) is 9.94. The van der Waals surface area contributed by atoms with Gasteiger partial charge >= 0.3 is 5.97 Å². The Morgan fingerprint density at radius 3 is 1.94 bits per heavy atom. The second kappa shape index (κ2) is 12.6. The molecule has 0 aliphatic carbocycles. The van der Waals surface area contributed by atoms with Crippen molar-refractivity contribution in [2.24, 2.45) is 5.92 Å². The van der Waals surface area contributed by atoms with Crippen molar-refractivity contribution in [1.29, 1.82) is 0 Å². The van der Waals surface area contributed by atoms with E-state index in [1.807, 2.05) is 33.8 Å². The lowest BCUT2D eigenvalue weighted by Gasteiger charge is -2.02. The van der Waals surface area contributed by atoms with Crippen molar-refractivity contribution in [3.05, 3.63) is 30.3 Å². The molecule has 0 bridgehead atoms. The van der Waals surface area contributed by atoms with E-state index < -0.39 is 0 Å². The highest BCUT2D eigenvalue weighted by Crippen LogP contribution is 2.02. The molecule has 0 heterocycles. The van der Waals surface area contributed by atoms with E-state index in [0.717, 1.165) is 6.42 Å². The van der Waals surface area contributed by atoms with E-state index in [9.17, 15) is 4.79 Å². The molecule has 3 heteroatoms. The lowest BCUT2D eigenvalue weighted by molar-refractivity contribution is -0.144. The number of carbonyl (C=O) groups excluding carboxylic acids is 1. The highest BCUT2D eigenvalue weighted by atomic mass is 16.5. The van der Waals surface area contributed by atoms with Gasteiger partial charge in [0.25, 0.3) is 0 Å². The van der Waals surface area contributed by atoms with E-state index in [1.165, 1.54) is 7.11 Å². The highest BCUT2D eigenvalue weighted by molar-refractivity contribution is 5.71. The number of aromatic hydroxyl groups is 1. The first-order valence-electron chi connectivity index (χ1n) is 5.93. The van der Waals surface area contributed by atoms with Crippen LogP contribution in [0.1, 0.15) is 34.1 Å². The minimum absolute atomic E-state index is 0.0556. The van der Waals surface area contributed by atoms with Crippen LogP contribution in [0.2, 0.25) is 0 Å². The Bertz CT molecular complexity index is 270. The lowest BCUT2D eigenvalue weighted by Crippen LogP contribution is -2.10. The van der Waals surface area contributed by atoms with Crippen molar-refractivity contribution in [1.82, 2.24) is 0 Å². The summed E-state index contributed by atoms with van der Waals surface area (Å²) < 4.78 is 4.46. The molecule has 0 radical (unpaired) electrons. The van der Waals surface area contributed by atoms with Crippen LogP contribution in [0.15, 0.2) is 30.3 Å². The summed E-state index contributed by atoms with van der Waals surface area (Å²) in [7, 11) is 1.41. The maximum Gasteiger partial charge on any atom is 0.308 e. The third-order valence-corrected chi connectivity index (χ3v) is 1.97. The summed E-state index contributed by atoms with van der Waals surface area (Å²) in [5.41, 5.74) is 0. The zero-order valence-electron chi connectivity index (χ0n) is 11.4. The highest BCUT2D eigenvalue weighted by Gasteiger charge is 2.08. The average Bonchev–Trinajstić information content (AvgIpc) is 2.40. The fourth-order valence-electron chi connectivity index (χ4n) is 0.796. The zero-order valence-corrected chi connectivity index (χ0v) is 11.4. The van der Waals surface area contributed by atoms with Gasteiger partial charge < -0.3 is 9.84 Å². The van der Waals surface area contributed by atoms with Crippen LogP contribution in [-0.2, 0) is 9.53 Å². The molecule has 0 saturated heterocycles. The Morgan fingerprint density at radius 1 is 1.29 bits per heavy atom. The van der Waals surface area contributed by atoms with Crippen LogP contribution in [0.4, 0.5) is 0 Å². The van der Waals surface area contributed by atoms with Gasteiger partial charge in [0, 0.05) is 0 Å². The summed E-state index contributed by atoms with van der Waals surface area (Å²) in [6.07, 6.45) is 0.854. The molecule has 17 heavy (non-hydrogen) atoms. The summed E-state index contributed by atoms with van der Waals surface area (Å²) in [6, 6.07) is 8.71. The predicted octanol–water partition coefficient (Wildman–Crippen LogP) is 3.62. The third-order valence-electron chi connectivity index (χ3n) is 1.97. The standard InChI is InChI=1S/C6H12O2.C6H6O.C2H6/c1-4-5(2)6(7)8-3;7-6-4-2-1-3-5-6;1-2/h5H,4H2,1-3H3;1-5,7H;1-2H3. The number of methoxy groups -OCH3 is 1. The molecule has 0 spiro atoms. The van der Waals surface area contributed by atoms with Crippen LogP contribution in [0.5, 0.6) is 5.75 Å². The van der Waals surface area contributed by atoms with E-state index in [-0.39, 0.29) is 11.9 Å². The number of rotatable bonds is 2. The molecule has 1 atom stereocenters. The number of para-hydroxylation sites is 1. The van der Waals surface area contributed by atoms with Crippen molar-refractivity contribution >= 4 is 5.97 Å². The second-order valence-electron chi connectivity index (χ2n) is 3.17. The Balaban J connectivity index is 0. The van der Waals surface area contributed by atoms with Gasteiger partial charge in [-0.15, -0.1) is 0 Å². The second-order valence-corrected chi connectivity index (χ2v) is 3.17. The van der Waals surface area contributed by atoms with Crippen LogP contribution in [0.25, 0.3) is 0 Å². The maximum atomic E-state index is 10.5. The summed E-state index contributed by atoms with van der Waals surface area (Å²) >= 11 is 0. The number of phenolic OH excluding ortho intramolecular Hbond substituents is 1. The molecule has 98 valence electrons. The molecule has 1 N–H and O–H groups in total. The first-order valence-corrected chi connectivity index (χ1v) is 5.93. The minimum Gasteiger partial charge on any atom is -0.508 e. The predicted molar refractivity (Wildman–Crippen MR) is 70.9 cm³/mol. The Labute approximate surface area is 104 Å². The third kappa shape index (κ3) is 10.8. The minimum atomic E-state index is -0.118. The van der Waals surface area contributed by atoms with Gasteiger partial charge in [-0.2, -0.15) is 0 Å². The Hall–Kier alpha value is -1.51. The monoisotopic (exact) mass is 240 g/mol. The van der Waals surface area contributed by atoms with Crippen molar-refractivity contribution in [2.45, 2.75) is 34.1 Å². The topological polar surface area (TPSA) is 46.5 Å². The molecule has 3 nitrogen and oxygen atoms in total. The van der Waals surface area contributed by atoms with Crippen molar-refractivity contribution in [2.75, 3.05) is 7.11 Å². The van der Waals surface area contributed by atoms with E-state index in [4.69, 9.17) is 5.11 Å². The molecule has 1 aromatic carbocycles. The van der Waals surface area contributed by atoms with Gasteiger partial charge in [0.1, 0.15) is 5.75 Å². The Morgan fingerprint density at radius 2 is 1.76 bits per heavy atom. The maximum absolute atomic E-state index is 10.5. The van der Waals surface area contributed by atoms with Crippen LogP contribution in [0, 0.1) is 5.92 Å². The molecule has 0 aliphatic rings. The summed E-state index contributed by atoms with van der Waals surface area (Å²) in [6.45, 7) is 7.81. The van der Waals surface area contributed by atoms with Gasteiger partial charge in [-0.25, -0.2) is 0 Å². The van der Waals surface area contributed by atoms with Crippen molar-refractivity contribution < 1.29 is 14.6 Å². The zero-order chi connectivity index (χ0) is 13.7. The fourth-order valence-corrected chi connectivity index (χ4v) is 0.796. The molecule has 0 saturated carbocycles. The van der Waals surface area contributed by atoms with Gasteiger partial charge in [-0.05, 0) is 18.6 Å². The first-order chi connectivity index (χ1) is 8.11. The van der Waals surface area contributed by atoms with Crippen LogP contribution in [0.3, 0.4) is 0 Å². The number of ether oxygens (including phenoxy) is 1. The largest absolute Gasteiger partial charge is 0.508 e. The first kappa shape index (κ1) is 17.9. The lowest BCUT2D eigenvalue weighted by atomic mass is 10.1. The average molecular weight is 240 g/mol. The number of phenols is 1. The van der Waals surface area contributed by atoms with Gasteiger partial charge in [0.05, 0.1) is 13.0 Å². The number of hydrogen-bond donors (Lipinski definition) is 1. The molecule has 0 amide bonds. The van der Waals surface area contributed by atoms with E-state index in [2.05, 4.69) is 4.74 Å². The summed E-state index contributed by atoms with van der Waals surface area (Å²) in [5.74, 6) is 0.259. The molecule has 1 aromatic rings. The van der Waals surface area contributed by atoms with Gasteiger partial charge in [0.15, 0.2) is 0 Å². The number of carbonyl (C=O) groups is 1. The van der Waals surface area contributed by atoms with Gasteiger partial charge in [0.2, 0.25) is 0 Å². The molecule has 0 aromatic heterocycles. The molecular formula is C14H24O3. The molecule has 0 fully saturated rings. The van der Waals surface area contributed by atoms with E-state index >= 15 is 0 Å². The number of hydrogen-bond acceptors (Lipinski definition) is 3. The van der Waals surface area contributed by atoms with Gasteiger partial charge in [-0.3, -0.25) is 4.79 Å². The molecular weight excluding hydrogens is 216 g/mol. The molecule has 0 aliphatic heterocycles. The summed E-state index contributed by atoms with van der Waals surface area (Å²) in [5, 5.41) is 8.63. The van der Waals surface area contributed by atoms with Crippen molar-refractivity contribution in [3.63, 3.8) is 0 Å². The van der Waals surface area contributed by atoms with Crippen LogP contribution < -0.4 is 0 Å². The molecule has 1 unspecified atom stereocenters. The van der Waals surface area contributed by atoms with Crippen molar-refractivity contribution in [3.8, 4) is 5.75 Å². The molecule has 1 rings (SSSR count). The van der Waals surface area contributed by atoms with Gasteiger partial charge in [-0.1, -0.05) is 45.9 Å². The Kier molecular flexibility index (Phi) is 13.2. The quantitative estimate of drug-likeness (QED) is 0.803. The SMILES string of the molecule is CC.CCC(C)C(=O)OC.Oc1ccccc1. The summed E-state index contributed by atoms with van der Waals surface area (Å²) in [4.78, 5) is 10.5. The smallest absolute Gasteiger partial charge is 0.308 e. The number of esters is 1.